The molecule has 0 saturated carbocycles. The van der Waals surface area contributed by atoms with E-state index in [2.05, 4.69) is 20.6 Å². The minimum atomic E-state index is -4.26. The Bertz CT molecular complexity index is 418. The van der Waals surface area contributed by atoms with Crippen LogP contribution in [0.4, 0.5) is 24.8 Å². The molecule has 0 aliphatic carbocycles. The topological polar surface area (TPSA) is 49.8 Å². The Balaban J connectivity index is 2.95. The molecule has 0 spiro atoms. The molecular weight excluding hydrogens is 257 g/mol. The highest BCUT2D eigenvalue weighted by molar-refractivity contribution is 5.57. The lowest BCUT2D eigenvalue weighted by molar-refractivity contribution is -0.115. The third-order valence-electron chi connectivity index (χ3n) is 2.51. The average Bonchev–Trinajstić information content (AvgIpc) is 2.35. The lowest BCUT2D eigenvalue weighted by Gasteiger charge is -2.15. The van der Waals surface area contributed by atoms with Crippen molar-refractivity contribution in [2.24, 2.45) is 0 Å². The molecule has 0 saturated heterocycles. The number of hydrogen-bond donors (Lipinski definition) is 2. The van der Waals surface area contributed by atoms with Gasteiger partial charge >= 0.3 is 6.18 Å². The molecule has 1 aromatic rings. The van der Waals surface area contributed by atoms with Gasteiger partial charge in [-0.2, -0.15) is 13.2 Å². The number of aromatic nitrogens is 2. The van der Waals surface area contributed by atoms with Gasteiger partial charge in [0.1, 0.15) is 24.0 Å². The van der Waals surface area contributed by atoms with Gasteiger partial charge in [-0.25, -0.2) is 9.97 Å². The fraction of sp³-hybridized carbons (Fsp3) is 0.667. The molecule has 19 heavy (non-hydrogen) atoms. The minimum absolute atomic E-state index is 0.239. The Kier molecular flexibility index (Phi) is 5.38. The van der Waals surface area contributed by atoms with Crippen LogP contribution in [0, 0.1) is 6.92 Å². The number of anilines is 2. The highest BCUT2D eigenvalue weighted by Gasteiger charge is 2.27. The summed E-state index contributed by atoms with van der Waals surface area (Å²) in [4.78, 5) is 8.39. The largest absolute Gasteiger partial charge is 0.405 e. The van der Waals surface area contributed by atoms with E-state index in [1.807, 2.05) is 13.8 Å². The molecule has 0 bridgehead atoms. The summed E-state index contributed by atoms with van der Waals surface area (Å²) in [6.07, 6.45) is -2.78. The first-order valence-electron chi connectivity index (χ1n) is 6.29. The lowest BCUT2D eigenvalue weighted by Crippen LogP contribution is -2.23. The first-order chi connectivity index (χ1) is 8.87. The van der Waals surface area contributed by atoms with Crippen LogP contribution in [0.2, 0.25) is 0 Å². The van der Waals surface area contributed by atoms with Gasteiger partial charge in [0.15, 0.2) is 0 Å². The summed E-state index contributed by atoms with van der Waals surface area (Å²) in [6, 6.07) is 0. The Labute approximate surface area is 110 Å². The minimum Gasteiger partial charge on any atom is -0.370 e. The van der Waals surface area contributed by atoms with Crippen LogP contribution in [0.1, 0.15) is 31.7 Å². The SMILES string of the molecule is CCCNc1nc(CC)nc(NCC(F)(F)F)c1C. The van der Waals surface area contributed by atoms with E-state index in [0.29, 0.717) is 23.6 Å². The van der Waals surface area contributed by atoms with Crippen LogP contribution in [-0.4, -0.2) is 29.2 Å². The zero-order valence-corrected chi connectivity index (χ0v) is 11.4. The van der Waals surface area contributed by atoms with Crippen LogP contribution in [0.5, 0.6) is 0 Å². The van der Waals surface area contributed by atoms with Gasteiger partial charge in [0.05, 0.1) is 0 Å². The summed E-state index contributed by atoms with van der Waals surface area (Å²) in [6.45, 7) is 5.20. The standard InChI is InChI=1S/C12H19F3N4/c1-4-6-16-10-8(3)11(17-7-12(13,14)15)19-9(5-2)18-10/h4-7H2,1-3H3,(H2,16,17,18,19). The molecule has 0 unspecified atom stereocenters. The van der Waals surface area contributed by atoms with Crippen molar-refractivity contribution in [3.63, 3.8) is 0 Å². The molecule has 2 N–H and O–H groups in total. The van der Waals surface area contributed by atoms with Gasteiger partial charge < -0.3 is 10.6 Å². The molecule has 0 fully saturated rings. The number of aryl methyl sites for hydroxylation is 1. The summed E-state index contributed by atoms with van der Waals surface area (Å²) in [7, 11) is 0. The van der Waals surface area contributed by atoms with Gasteiger partial charge in [0.25, 0.3) is 0 Å². The van der Waals surface area contributed by atoms with Crippen molar-refractivity contribution in [1.82, 2.24) is 9.97 Å². The maximum Gasteiger partial charge on any atom is 0.405 e. The van der Waals surface area contributed by atoms with E-state index in [4.69, 9.17) is 0 Å². The molecule has 1 heterocycles. The van der Waals surface area contributed by atoms with Crippen LogP contribution in [-0.2, 0) is 6.42 Å². The van der Waals surface area contributed by atoms with Crippen molar-refractivity contribution < 1.29 is 13.2 Å². The van der Waals surface area contributed by atoms with Gasteiger partial charge in [-0.15, -0.1) is 0 Å². The Hall–Kier alpha value is -1.53. The number of hydrogen-bond acceptors (Lipinski definition) is 4. The molecule has 0 atom stereocenters. The number of nitrogens with one attached hydrogen (secondary N) is 2. The molecule has 0 aliphatic heterocycles. The molecule has 0 aliphatic rings. The number of halogens is 3. The van der Waals surface area contributed by atoms with E-state index in [9.17, 15) is 13.2 Å². The van der Waals surface area contributed by atoms with Crippen LogP contribution in [0.3, 0.4) is 0 Å². The Morgan fingerprint density at radius 2 is 1.63 bits per heavy atom. The van der Waals surface area contributed by atoms with Gasteiger partial charge in [-0.3, -0.25) is 0 Å². The normalized spacial score (nSPS) is 11.5. The van der Waals surface area contributed by atoms with Crippen LogP contribution >= 0.6 is 0 Å². The van der Waals surface area contributed by atoms with E-state index < -0.39 is 12.7 Å². The molecule has 7 heteroatoms. The van der Waals surface area contributed by atoms with Crippen molar-refractivity contribution in [3.8, 4) is 0 Å². The monoisotopic (exact) mass is 276 g/mol. The van der Waals surface area contributed by atoms with E-state index in [1.165, 1.54) is 0 Å². The number of alkyl halides is 3. The summed E-state index contributed by atoms with van der Waals surface area (Å²) in [5.74, 6) is 1.36. The van der Waals surface area contributed by atoms with Gasteiger partial charge in [-0.1, -0.05) is 13.8 Å². The maximum atomic E-state index is 12.2. The zero-order valence-electron chi connectivity index (χ0n) is 11.4. The highest BCUT2D eigenvalue weighted by atomic mass is 19.4. The second-order valence-corrected chi connectivity index (χ2v) is 4.21. The Morgan fingerprint density at radius 1 is 1.05 bits per heavy atom. The van der Waals surface area contributed by atoms with Gasteiger partial charge in [-0.05, 0) is 13.3 Å². The van der Waals surface area contributed by atoms with E-state index in [0.717, 1.165) is 13.0 Å². The molecule has 108 valence electrons. The van der Waals surface area contributed by atoms with E-state index in [-0.39, 0.29) is 5.82 Å². The zero-order chi connectivity index (χ0) is 14.5. The summed E-state index contributed by atoms with van der Waals surface area (Å²) in [5.41, 5.74) is 0.606. The van der Waals surface area contributed by atoms with E-state index >= 15 is 0 Å². The number of rotatable bonds is 6. The quantitative estimate of drug-likeness (QED) is 0.838. The fourth-order valence-corrected chi connectivity index (χ4v) is 1.49. The predicted octanol–water partition coefficient (Wildman–Crippen LogP) is 3.14. The van der Waals surface area contributed by atoms with Crippen molar-refractivity contribution in [1.29, 1.82) is 0 Å². The van der Waals surface area contributed by atoms with Crippen LogP contribution < -0.4 is 10.6 Å². The van der Waals surface area contributed by atoms with Gasteiger partial charge in [0, 0.05) is 18.5 Å². The Morgan fingerprint density at radius 3 is 2.11 bits per heavy atom. The first kappa shape index (κ1) is 15.5. The third-order valence-corrected chi connectivity index (χ3v) is 2.51. The van der Waals surface area contributed by atoms with Gasteiger partial charge in [0.2, 0.25) is 0 Å². The molecule has 1 aromatic heterocycles. The smallest absolute Gasteiger partial charge is 0.370 e. The van der Waals surface area contributed by atoms with Crippen LogP contribution in [0.25, 0.3) is 0 Å². The molecule has 0 aromatic carbocycles. The van der Waals surface area contributed by atoms with Crippen LogP contribution in [0.15, 0.2) is 0 Å². The summed E-state index contributed by atoms with van der Waals surface area (Å²) < 4.78 is 36.7. The average molecular weight is 276 g/mol. The molecule has 1 rings (SSSR count). The van der Waals surface area contributed by atoms with E-state index in [1.54, 1.807) is 6.92 Å². The third kappa shape index (κ3) is 4.92. The predicted molar refractivity (Wildman–Crippen MR) is 69.5 cm³/mol. The second kappa shape index (κ2) is 6.58. The molecule has 4 nitrogen and oxygen atoms in total. The van der Waals surface area contributed by atoms with Crippen molar-refractivity contribution in [2.45, 2.75) is 39.8 Å². The number of nitrogens with zero attached hydrogens (tertiary/aromatic N) is 2. The van der Waals surface area contributed by atoms with Crippen molar-refractivity contribution in [3.05, 3.63) is 11.4 Å². The van der Waals surface area contributed by atoms with Crippen molar-refractivity contribution in [2.75, 3.05) is 23.7 Å². The molecular formula is C12H19F3N4. The lowest BCUT2D eigenvalue weighted by atomic mass is 10.2. The summed E-state index contributed by atoms with van der Waals surface area (Å²) in [5, 5.41) is 5.43. The summed E-state index contributed by atoms with van der Waals surface area (Å²) >= 11 is 0. The fourth-order valence-electron chi connectivity index (χ4n) is 1.49. The molecule has 0 amide bonds. The van der Waals surface area contributed by atoms with Crippen molar-refractivity contribution >= 4 is 11.6 Å². The maximum absolute atomic E-state index is 12.2. The highest BCUT2D eigenvalue weighted by Crippen LogP contribution is 2.22. The molecule has 0 radical (unpaired) electrons. The first-order valence-corrected chi connectivity index (χ1v) is 6.29. The second-order valence-electron chi connectivity index (χ2n) is 4.21.